The molecule has 215 valence electrons. The number of aryl methyl sites for hydroxylation is 2. The average Bonchev–Trinajstić information content (AvgIpc) is 2.90. The summed E-state index contributed by atoms with van der Waals surface area (Å²) in [5, 5.41) is 12.2. The summed E-state index contributed by atoms with van der Waals surface area (Å²) in [4.78, 5) is 16.4. The molecule has 1 aromatic heterocycles. The van der Waals surface area contributed by atoms with Crippen molar-refractivity contribution in [2.75, 3.05) is 0 Å². The largest absolute Gasteiger partial charge is 0.512 e. The van der Waals surface area contributed by atoms with Crippen molar-refractivity contribution in [3.63, 3.8) is 0 Å². The van der Waals surface area contributed by atoms with Crippen LogP contribution in [0.4, 0.5) is 0 Å². The van der Waals surface area contributed by atoms with Gasteiger partial charge in [0.1, 0.15) is 0 Å². The van der Waals surface area contributed by atoms with Crippen molar-refractivity contribution >= 4 is 16.6 Å². The average molecular weight is 707 g/mol. The molecule has 0 aliphatic carbocycles. The minimum atomic E-state index is 0. The summed E-state index contributed by atoms with van der Waals surface area (Å²) >= 11 is 0. The molecule has 0 saturated heterocycles. The number of carbonyl (C=O) groups excluding carboxylic acids is 1. The first kappa shape index (κ1) is 34.7. The second-order valence-electron chi connectivity index (χ2n) is 10.4. The fraction of sp³-hybridized carbons (Fsp3) is 0.486. The van der Waals surface area contributed by atoms with Gasteiger partial charge in [-0.3, -0.25) is 4.79 Å². The Kier molecular flexibility index (Phi) is 15.5. The van der Waals surface area contributed by atoms with E-state index in [2.05, 4.69) is 75.1 Å². The van der Waals surface area contributed by atoms with Gasteiger partial charge in [0.15, 0.2) is 5.78 Å². The molecule has 3 rings (SSSR count). The predicted octanol–water partition coefficient (Wildman–Crippen LogP) is 10.1. The number of aliphatic hydroxyl groups is 1. The number of ketones is 1. The molecule has 1 N–H and O–H groups in total. The Morgan fingerprint density at radius 2 is 1.49 bits per heavy atom. The summed E-state index contributed by atoms with van der Waals surface area (Å²) in [5.41, 5.74) is 5.97. The van der Waals surface area contributed by atoms with E-state index in [1.165, 1.54) is 40.8 Å². The predicted molar refractivity (Wildman–Crippen MR) is 163 cm³/mol. The maximum atomic E-state index is 11.7. The van der Waals surface area contributed by atoms with Gasteiger partial charge in [-0.25, -0.2) is 0 Å². The number of nitrogens with zero attached hydrogens (tertiary/aromatic N) is 1. The molecule has 3 nitrogen and oxygen atoms in total. The zero-order valence-electron chi connectivity index (χ0n) is 25.2. The molecule has 0 spiro atoms. The first-order valence-electron chi connectivity index (χ1n) is 14.6. The van der Waals surface area contributed by atoms with Crippen LogP contribution < -0.4 is 0 Å². The summed E-state index contributed by atoms with van der Waals surface area (Å²) in [6.07, 6.45) is 9.19. The van der Waals surface area contributed by atoms with Crippen molar-refractivity contribution in [2.45, 2.75) is 99.8 Å². The van der Waals surface area contributed by atoms with E-state index >= 15 is 0 Å². The van der Waals surface area contributed by atoms with Crippen LogP contribution in [0.1, 0.15) is 103 Å². The van der Waals surface area contributed by atoms with E-state index in [-0.39, 0.29) is 43.5 Å². The Hall–Kier alpha value is -2.29. The van der Waals surface area contributed by atoms with Crippen LogP contribution in [-0.4, -0.2) is 15.9 Å². The van der Waals surface area contributed by atoms with Crippen molar-refractivity contribution in [3.8, 4) is 11.3 Å². The normalized spacial score (nSPS) is 11.5. The number of aromatic nitrogens is 1. The van der Waals surface area contributed by atoms with E-state index in [0.29, 0.717) is 5.92 Å². The van der Waals surface area contributed by atoms with Gasteiger partial charge in [0, 0.05) is 44.2 Å². The molecule has 0 bridgehead atoms. The number of allylic oxidation sites excluding steroid dienone is 2. The van der Waals surface area contributed by atoms with Crippen LogP contribution in [0.3, 0.4) is 0 Å². The van der Waals surface area contributed by atoms with E-state index in [0.717, 1.165) is 42.5 Å². The minimum Gasteiger partial charge on any atom is -0.512 e. The molecule has 2 aromatic carbocycles. The Morgan fingerprint density at radius 1 is 0.872 bits per heavy atom. The van der Waals surface area contributed by atoms with Gasteiger partial charge in [0.05, 0.1) is 5.76 Å². The zero-order chi connectivity index (χ0) is 28.2. The monoisotopic (exact) mass is 707 g/mol. The van der Waals surface area contributed by atoms with Crippen LogP contribution in [-0.2, 0) is 24.9 Å². The van der Waals surface area contributed by atoms with Crippen LogP contribution in [0.5, 0.6) is 0 Å². The topological polar surface area (TPSA) is 50.2 Å². The second kappa shape index (κ2) is 17.4. The van der Waals surface area contributed by atoms with E-state index in [1.54, 1.807) is 0 Å². The molecule has 0 fully saturated rings. The van der Waals surface area contributed by atoms with Gasteiger partial charge in [-0.1, -0.05) is 73.6 Å². The quantitative estimate of drug-likeness (QED) is 0.123. The van der Waals surface area contributed by atoms with E-state index in [1.807, 2.05) is 33.9 Å². The third-order valence-corrected chi connectivity index (χ3v) is 7.73. The molecule has 3 aromatic rings. The summed E-state index contributed by atoms with van der Waals surface area (Å²) in [6, 6.07) is 16.7. The third kappa shape index (κ3) is 9.69. The fourth-order valence-corrected chi connectivity index (χ4v) is 5.23. The van der Waals surface area contributed by atoms with Crippen LogP contribution >= 0.6 is 0 Å². The van der Waals surface area contributed by atoms with Gasteiger partial charge in [0.2, 0.25) is 0 Å². The van der Waals surface area contributed by atoms with Crippen molar-refractivity contribution < 1.29 is 30.0 Å². The smallest absolute Gasteiger partial charge is 0.162 e. The van der Waals surface area contributed by atoms with Gasteiger partial charge in [0.25, 0.3) is 0 Å². The van der Waals surface area contributed by atoms with E-state index in [9.17, 15) is 9.90 Å². The number of pyridine rings is 1. The minimum absolute atomic E-state index is 0. The molecular weight excluding hydrogens is 659 g/mol. The Labute approximate surface area is 250 Å². The molecule has 1 heterocycles. The molecule has 0 unspecified atom stereocenters. The fourth-order valence-electron chi connectivity index (χ4n) is 5.23. The maximum Gasteiger partial charge on any atom is 0.162 e. The number of benzene rings is 2. The van der Waals surface area contributed by atoms with Gasteiger partial charge in [-0.05, 0) is 72.5 Å². The second-order valence-corrected chi connectivity index (χ2v) is 10.4. The van der Waals surface area contributed by atoms with Crippen molar-refractivity contribution in [2.24, 2.45) is 11.8 Å². The van der Waals surface area contributed by atoms with Gasteiger partial charge in [-0.2, -0.15) is 0 Å². The molecule has 4 heteroatoms. The standard InChI is InChI=1S/C22H24N.C13H24O2.Ir/c1-5-17(6-2)18-7-8-21-19(14-18)9-10-23-22(21)20-12-15(3)11-16(4)13-20;1-5-10(6-2)12(14)9-13(15)11(7-3)8-4;/h7-12,14,17H,5-6H2,1-4H3;9-11,14H,5-8H2,1-4H3;/q-1;;/b;12-9-;. The number of rotatable bonds is 11. The van der Waals surface area contributed by atoms with Gasteiger partial charge < -0.3 is 10.1 Å². The number of hydrogen-bond acceptors (Lipinski definition) is 3. The van der Waals surface area contributed by atoms with Crippen molar-refractivity contribution in [1.29, 1.82) is 0 Å². The molecule has 1 radical (unpaired) electrons. The number of hydrogen-bond donors (Lipinski definition) is 1. The van der Waals surface area contributed by atoms with Gasteiger partial charge in [-0.15, -0.1) is 34.9 Å². The zero-order valence-corrected chi connectivity index (χ0v) is 27.6. The van der Waals surface area contributed by atoms with E-state index in [4.69, 9.17) is 0 Å². The Balaban J connectivity index is 0.000000418. The van der Waals surface area contributed by atoms with Crippen molar-refractivity contribution in [1.82, 2.24) is 4.98 Å². The molecule has 0 atom stereocenters. The third-order valence-electron chi connectivity index (χ3n) is 7.73. The number of aliphatic hydroxyl groups excluding tert-OH is 1. The Morgan fingerprint density at radius 3 is 2.03 bits per heavy atom. The first-order chi connectivity index (χ1) is 18.2. The summed E-state index contributed by atoms with van der Waals surface area (Å²) in [5.74, 6) is 1.19. The van der Waals surface area contributed by atoms with Crippen LogP contribution in [0.2, 0.25) is 0 Å². The Bertz CT molecular complexity index is 1180. The van der Waals surface area contributed by atoms with Crippen LogP contribution in [0.25, 0.3) is 22.0 Å². The molecule has 39 heavy (non-hydrogen) atoms. The molecular formula is C35H48IrNO2-. The summed E-state index contributed by atoms with van der Waals surface area (Å²) in [7, 11) is 0. The van der Waals surface area contributed by atoms with Crippen molar-refractivity contribution in [3.05, 3.63) is 77.2 Å². The van der Waals surface area contributed by atoms with E-state index < -0.39 is 0 Å². The number of carbonyl (C=O) groups is 1. The SMILES string of the molecule is CCC(CC)C(=O)/C=C(\O)C(CC)CC.CCC(CC)c1ccc2c(-c3[c-]c(C)cc(C)c3)nccc2c1.[Ir]. The molecule has 0 saturated carbocycles. The first-order valence-corrected chi connectivity index (χ1v) is 14.6. The molecule has 0 aliphatic heterocycles. The molecule has 0 aliphatic rings. The van der Waals surface area contributed by atoms with Crippen LogP contribution in [0.15, 0.2) is 54.4 Å². The maximum absolute atomic E-state index is 11.7. The van der Waals surface area contributed by atoms with Gasteiger partial charge >= 0.3 is 0 Å². The van der Waals surface area contributed by atoms with Crippen LogP contribution in [0, 0.1) is 31.7 Å². The summed E-state index contributed by atoms with van der Waals surface area (Å²) < 4.78 is 0. The summed E-state index contributed by atoms with van der Waals surface area (Å²) in [6.45, 7) is 16.8. The number of fused-ring (bicyclic) bond motifs is 1. The molecule has 0 amide bonds.